The van der Waals surface area contributed by atoms with Gasteiger partial charge in [0.2, 0.25) is 10.0 Å². The van der Waals surface area contributed by atoms with Crippen molar-refractivity contribution in [2.45, 2.75) is 24.2 Å². The fraction of sp³-hybridized carbons (Fsp3) is 0.214. The Balaban J connectivity index is 1.34. The average Bonchev–Trinajstić information content (AvgIpc) is 2.88. The predicted molar refractivity (Wildman–Crippen MR) is 139 cm³/mol. The number of pyridine rings is 1. The van der Waals surface area contributed by atoms with E-state index in [0.717, 1.165) is 41.5 Å². The van der Waals surface area contributed by atoms with Crippen LogP contribution in [0.1, 0.15) is 17.5 Å². The Morgan fingerprint density at radius 1 is 0.857 bits per heavy atom. The van der Waals surface area contributed by atoms with Gasteiger partial charge in [0, 0.05) is 36.3 Å². The Kier molecular flexibility index (Phi) is 8.22. The summed E-state index contributed by atoms with van der Waals surface area (Å²) in [4.78, 5) is 4.43. The van der Waals surface area contributed by atoms with E-state index in [1.54, 1.807) is 24.5 Å². The summed E-state index contributed by atoms with van der Waals surface area (Å²) in [7, 11) is -3.71. The number of fused-ring (bicyclic) bond motifs is 1. The molecule has 0 amide bonds. The van der Waals surface area contributed by atoms with Crippen LogP contribution in [-0.4, -0.2) is 33.0 Å². The van der Waals surface area contributed by atoms with Gasteiger partial charge in [-0.2, -0.15) is 5.26 Å². The molecule has 0 aliphatic carbocycles. The van der Waals surface area contributed by atoms with Crippen LogP contribution in [0.25, 0.3) is 21.9 Å². The van der Waals surface area contributed by atoms with Crippen LogP contribution < -0.4 is 10.0 Å². The summed E-state index contributed by atoms with van der Waals surface area (Å²) in [5, 5.41) is 13.6. The van der Waals surface area contributed by atoms with Crippen LogP contribution in [0.5, 0.6) is 0 Å². The van der Waals surface area contributed by atoms with Crippen LogP contribution >= 0.6 is 0 Å². The third kappa shape index (κ3) is 6.52. The van der Waals surface area contributed by atoms with E-state index in [9.17, 15) is 8.42 Å². The molecule has 7 heteroatoms. The number of sulfonamides is 1. The molecule has 0 aliphatic heterocycles. The number of hydrogen-bond donors (Lipinski definition) is 2. The quantitative estimate of drug-likeness (QED) is 0.306. The van der Waals surface area contributed by atoms with Crippen molar-refractivity contribution >= 4 is 20.8 Å². The maximum absolute atomic E-state index is 13.2. The zero-order chi connectivity index (χ0) is 24.5. The van der Waals surface area contributed by atoms with Gasteiger partial charge in [-0.3, -0.25) is 4.98 Å². The van der Waals surface area contributed by atoms with E-state index >= 15 is 0 Å². The highest BCUT2D eigenvalue weighted by molar-refractivity contribution is 7.89. The molecule has 0 aliphatic rings. The first-order chi connectivity index (χ1) is 17.1. The summed E-state index contributed by atoms with van der Waals surface area (Å²) in [5.41, 5.74) is 4.03. The molecule has 0 unspecified atom stereocenters. The second-order valence-electron chi connectivity index (χ2n) is 8.34. The monoisotopic (exact) mass is 484 g/mol. The van der Waals surface area contributed by atoms with Gasteiger partial charge in [0.1, 0.15) is 0 Å². The molecule has 4 aromatic rings. The first-order valence-corrected chi connectivity index (χ1v) is 13.1. The molecule has 6 nitrogen and oxygen atoms in total. The van der Waals surface area contributed by atoms with Crippen molar-refractivity contribution in [2.24, 2.45) is 0 Å². The van der Waals surface area contributed by atoms with Gasteiger partial charge in [-0.05, 0) is 59.8 Å². The highest BCUT2D eigenvalue weighted by Crippen LogP contribution is 2.30. The number of rotatable bonds is 11. The van der Waals surface area contributed by atoms with E-state index in [2.05, 4.69) is 33.2 Å². The van der Waals surface area contributed by atoms with Gasteiger partial charge >= 0.3 is 0 Å². The van der Waals surface area contributed by atoms with Crippen LogP contribution in [0.2, 0.25) is 0 Å². The lowest BCUT2D eigenvalue weighted by molar-refractivity contribution is 0.575. The molecule has 0 spiro atoms. The Morgan fingerprint density at radius 2 is 1.69 bits per heavy atom. The van der Waals surface area contributed by atoms with Gasteiger partial charge in [0.25, 0.3) is 0 Å². The maximum atomic E-state index is 13.2. The number of aromatic nitrogens is 1. The van der Waals surface area contributed by atoms with Crippen LogP contribution in [0.4, 0.5) is 0 Å². The summed E-state index contributed by atoms with van der Waals surface area (Å²) in [6.45, 7) is 1.61. The molecule has 35 heavy (non-hydrogen) atoms. The minimum Gasteiger partial charge on any atom is -0.315 e. The molecular weight excluding hydrogens is 456 g/mol. The lowest BCUT2D eigenvalue weighted by Crippen LogP contribution is -2.32. The van der Waals surface area contributed by atoms with Gasteiger partial charge in [-0.25, -0.2) is 13.1 Å². The predicted octanol–water partition coefficient (Wildman–Crippen LogP) is 4.47. The topological polar surface area (TPSA) is 94.9 Å². The summed E-state index contributed by atoms with van der Waals surface area (Å²) in [5.74, 6) is 0. The first kappa shape index (κ1) is 24.6. The van der Waals surface area contributed by atoms with Crippen molar-refractivity contribution in [3.63, 3.8) is 0 Å². The molecule has 4 rings (SSSR count). The lowest BCUT2D eigenvalue weighted by atomic mass is 10.0. The second kappa shape index (κ2) is 11.7. The molecule has 3 aromatic carbocycles. The molecule has 0 radical (unpaired) electrons. The van der Waals surface area contributed by atoms with Gasteiger partial charge in [-0.15, -0.1) is 0 Å². The smallest absolute Gasteiger partial charge is 0.241 e. The van der Waals surface area contributed by atoms with Crippen molar-refractivity contribution in [1.82, 2.24) is 15.0 Å². The van der Waals surface area contributed by atoms with Gasteiger partial charge < -0.3 is 5.32 Å². The fourth-order valence-electron chi connectivity index (χ4n) is 4.07. The Bertz CT molecular complexity index is 1430. The minimum atomic E-state index is -3.71. The number of nitrogens with one attached hydrogen (secondary N) is 2. The van der Waals surface area contributed by atoms with Gasteiger partial charge in [0.05, 0.1) is 17.4 Å². The van der Waals surface area contributed by atoms with E-state index in [1.807, 2.05) is 48.5 Å². The number of nitrogens with zero attached hydrogens (tertiary/aromatic N) is 2. The van der Waals surface area contributed by atoms with Crippen molar-refractivity contribution in [3.8, 4) is 17.2 Å². The summed E-state index contributed by atoms with van der Waals surface area (Å²) >= 11 is 0. The Hall–Kier alpha value is -3.57. The fourth-order valence-corrected chi connectivity index (χ4v) is 5.36. The van der Waals surface area contributed by atoms with Crippen LogP contribution in [0.3, 0.4) is 0 Å². The van der Waals surface area contributed by atoms with E-state index in [0.29, 0.717) is 24.9 Å². The molecule has 0 saturated carbocycles. The van der Waals surface area contributed by atoms with Gasteiger partial charge in [0.15, 0.2) is 0 Å². The average molecular weight is 485 g/mol. The van der Waals surface area contributed by atoms with Crippen molar-refractivity contribution in [1.29, 1.82) is 5.26 Å². The molecule has 0 bridgehead atoms. The Labute approximate surface area is 206 Å². The second-order valence-corrected chi connectivity index (χ2v) is 10.1. The number of nitriles is 1. The van der Waals surface area contributed by atoms with E-state index < -0.39 is 10.0 Å². The number of hydrogen-bond acceptors (Lipinski definition) is 5. The maximum Gasteiger partial charge on any atom is 0.241 e. The van der Waals surface area contributed by atoms with Crippen molar-refractivity contribution in [2.75, 3.05) is 19.6 Å². The van der Waals surface area contributed by atoms with E-state index in [4.69, 9.17) is 5.26 Å². The third-order valence-corrected chi connectivity index (χ3v) is 7.30. The molecule has 178 valence electrons. The minimum absolute atomic E-state index is 0.258. The first-order valence-electron chi connectivity index (χ1n) is 11.7. The lowest BCUT2D eigenvalue weighted by Gasteiger charge is -2.13. The van der Waals surface area contributed by atoms with Crippen molar-refractivity contribution in [3.05, 3.63) is 96.3 Å². The molecule has 0 saturated heterocycles. The van der Waals surface area contributed by atoms with Crippen molar-refractivity contribution < 1.29 is 8.42 Å². The van der Waals surface area contributed by atoms with Crippen LogP contribution in [0, 0.1) is 11.3 Å². The summed E-state index contributed by atoms with van der Waals surface area (Å²) < 4.78 is 29.1. The normalized spacial score (nSPS) is 11.4. The SMILES string of the molecule is N#CCc1cccc(CCCNCCNS(=O)(=O)c2cc(-c3ccccc3)cc3cnccc23)c1. The van der Waals surface area contributed by atoms with Crippen LogP contribution in [0.15, 0.2) is 90.1 Å². The van der Waals surface area contributed by atoms with Gasteiger partial charge in [-0.1, -0.05) is 54.6 Å². The zero-order valence-corrected chi connectivity index (χ0v) is 20.3. The molecule has 1 heterocycles. The molecule has 1 aromatic heterocycles. The summed E-state index contributed by atoms with van der Waals surface area (Å²) in [6.07, 6.45) is 5.57. The van der Waals surface area contributed by atoms with E-state index in [-0.39, 0.29) is 4.90 Å². The molecule has 0 fully saturated rings. The molecular formula is C28H28N4O2S. The number of aryl methyl sites for hydroxylation is 1. The van der Waals surface area contributed by atoms with E-state index in [1.165, 1.54) is 5.56 Å². The molecule has 2 N–H and O–H groups in total. The van der Waals surface area contributed by atoms with Crippen LogP contribution in [-0.2, 0) is 22.9 Å². The highest BCUT2D eigenvalue weighted by Gasteiger charge is 2.18. The molecule has 0 atom stereocenters. The third-order valence-electron chi connectivity index (χ3n) is 5.80. The number of benzene rings is 3. The highest BCUT2D eigenvalue weighted by atomic mass is 32.2. The standard InChI is InChI=1S/C28H28N4O2S/c29-13-11-23-7-4-6-22(18-23)8-5-14-30-16-17-32-35(33,34)28-20-25(24-9-2-1-3-10-24)19-26-21-31-15-12-27(26)28/h1-4,6-7,9-10,12,15,18-21,30,32H,5,8,11,14,16-17H2. The summed E-state index contributed by atoms with van der Waals surface area (Å²) in [6, 6.07) is 25.4. The zero-order valence-electron chi connectivity index (χ0n) is 19.4. The Morgan fingerprint density at radius 3 is 2.51 bits per heavy atom. The largest absolute Gasteiger partial charge is 0.315 e.